The molecule has 0 amide bonds. The Kier molecular flexibility index (Phi) is 17.6. The lowest BCUT2D eigenvalue weighted by Gasteiger charge is -2.28. The quantitative estimate of drug-likeness (QED) is 0.149. The third-order valence-electron chi connectivity index (χ3n) is 7.18. The molecular weight excluding hydrogens is 400 g/mol. The molecule has 3 atom stereocenters. The van der Waals surface area contributed by atoms with Crippen LogP contribution in [0.4, 0.5) is 0 Å². The summed E-state index contributed by atoms with van der Waals surface area (Å²) >= 11 is 0. The highest BCUT2D eigenvalue weighted by Crippen LogP contribution is 2.32. The summed E-state index contributed by atoms with van der Waals surface area (Å²) in [5, 5.41) is 9.46. The second-order valence-electron chi connectivity index (χ2n) is 10.1. The Labute approximate surface area is 198 Å². The second kappa shape index (κ2) is 19.4. The maximum atomic E-state index is 12.7. The van der Waals surface area contributed by atoms with Gasteiger partial charge in [0.05, 0.1) is 11.8 Å². The minimum Gasteiger partial charge on any atom is -0.481 e. The maximum absolute atomic E-state index is 12.7. The van der Waals surface area contributed by atoms with Crippen LogP contribution in [0.5, 0.6) is 0 Å². The lowest BCUT2D eigenvalue weighted by atomic mass is 9.79. The molecule has 4 heteroatoms. The lowest BCUT2D eigenvalue weighted by Crippen LogP contribution is -2.35. The predicted molar refractivity (Wildman–Crippen MR) is 133 cm³/mol. The molecule has 32 heavy (non-hydrogen) atoms. The van der Waals surface area contributed by atoms with Gasteiger partial charge in [0.2, 0.25) is 0 Å². The summed E-state index contributed by atoms with van der Waals surface area (Å²) in [6.07, 6.45) is 24.4. The number of carbonyl (C=O) groups excluding carboxylic acids is 1. The highest BCUT2D eigenvalue weighted by atomic mass is 16.5. The van der Waals surface area contributed by atoms with E-state index in [4.69, 9.17) is 4.74 Å². The number of carboxylic acids is 1. The fourth-order valence-corrected chi connectivity index (χ4v) is 5.04. The molecule has 0 aliphatic heterocycles. The molecule has 1 N–H and O–H groups in total. The first-order valence-electron chi connectivity index (χ1n) is 14.0. The van der Waals surface area contributed by atoms with E-state index in [0.717, 1.165) is 44.9 Å². The molecule has 1 rings (SSSR count). The number of aliphatic carboxylic acids is 1. The summed E-state index contributed by atoms with van der Waals surface area (Å²) in [5.74, 6) is -2.10. The molecule has 1 aliphatic carbocycles. The van der Waals surface area contributed by atoms with E-state index < -0.39 is 17.8 Å². The Morgan fingerprint density at radius 2 is 1.12 bits per heavy atom. The summed E-state index contributed by atoms with van der Waals surface area (Å²) in [6.45, 7) is 4.43. The van der Waals surface area contributed by atoms with Crippen LogP contribution in [-0.4, -0.2) is 23.1 Å². The SMILES string of the molecule is CCCCCCCCCCCCCCCC(CCCC)OC(=O)C1CCCCC1C(=O)O. The van der Waals surface area contributed by atoms with Gasteiger partial charge in [0.25, 0.3) is 0 Å². The molecule has 3 unspecified atom stereocenters. The first-order chi connectivity index (χ1) is 15.6. The van der Waals surface area contributed by atoms with Gasteiger partial charge in [-0.3, -0.25) is 9.59 Å². The minimum atomic E-state index is -0.840. The van der Waals surface area contributed by atoms with E-state index in [1.54, 1.807) is 0 Å². The Morgan fingerprint density at radius 1 is 0.688 bits per heavy atom. The van der Waals surface area contributed by atoms with E-state index in [-0.39, 0.29) is 12.1 Å². The standard InChI is InChI=1S/C28H52O4/c1-3-5-7-8-9-10-11-12-13-14-15-16-17-21-24(20-6-4-2)32-28(31)26-23-19-18-22-25(26)27(29)30/h24-26H,3-23H2,1-2H3,(H,29,30). The number of unbranched alkanes of at least 4 members (excludes halogenated alkanes) is 13. The van der Waals surface area contributed by atoms with Crippen LogP contribution in [0.15, 0.2) is 0 Å². The average Bonchev–Trinajstić information content (AvgIpc) is 2.80. The lowest BCUT2D eigenvalue weighted by molar-refractivity contribution is -0.164. The van der Waals surface area contributed by atoms with Crippen molar-refractivity contribution in [1.82, 2.24) is 0 Å². The molecule has 0 radical (unpaired) electrons. The monoisotopic (exact) mass is 452 g/mol. The number of ether oxygens (including phenoxy) is 1. The van der Waals surface area contributed by atoms with Gasteiger partial charge in [-0.05, 0) is 32.1 Å². The molecule has 1 saturated carbocycles. The van der Waals surface area contributed by atoms with Gasteiger partial charge < -0.3 is 9.84 Å². The molecule has 0 saturated heterocycles. The van der Waals surface area contributed by atoms with Crippen molar-refractivity contribution in [3.8, 4) is 0 Å². The molecular formula is C28H52O4. The topological polar surface area (TPSA) is 63.6 Å². The summed E-state index contributed by atoms with van der Waals surface area (Å²) in [5.41, 5.74) is 0. The Balaban J connectivity index is 2.17. The van der Waals surface area contributed by atoms with Crippen molar-refractivity contribution < 1.29 is 19.4 Å². The molecule has 0 spiro atoms. The number of carboxylic acid groups (broad SMARTS) is 1. The van der Waals surface area contributed by atoms with Crippen molar-refractivity contribution in [3.05, 3.63) is 0 Å². The van der Waals surface area contributed by atoms with Crippen molar-refractivity contribution in [2.45, 2.75) is 155 Å². The largest absolute Gasteiger partial charge is 0.481 e. The normalized spacial score (nSPS) is 19.6. The molecule has 0 bridgehead atoms. The Morgan fingerprint density at radius 3 is 1.62 bits per heavy atom. The molecule has 4 nitrogen and oxygen atoms in total. The molecule has 1 aliphatic rings. The minimum absolute atomic E-state index is 0.0356. The van der Waals surface area contributed by atoms with Crippen molar-refractivity contribution in [1.29, 1.82) is 0 Å². The molecule has 188 valence electrons. The Bertz CT molecular complexity index is 476. The van der Waals surface area contributed by atoms with E-state index in [2.05, 4.69) is 13.8 Å². The fraction of sp³-hybridized carbons (Fsp3) is 0.929. The zero-order valence-corrected chi connectivity index (χ0v) is 21.3. The summed E-state index contributed by atoms with van der Waals surface area (Å²) in [7, 11) is 0. The zero-order valence-electron chi connectivity index (χ0n) is 21.3. The van der Waals surface area contributed by atoms with Gasteiger partial charge in [-0.25, -0.2) is 0 Å². The van der Waals surface area contributed by atoms with Crippen molar-refractivity contribution in [2.75, 3.05) is 0 Å². The first kappa shape index (κ1) is 29.0. The molecule has 0 aromatic carbocycles. The molecule has 1 fully saturated rings. The van der Waals surface area contributed by atoms with E-state index in [0.29, 0.717) is 12.8 Å². The van der Waals surface area contributed by atoms with E-state index in [9.17, 15) is 14.7 Å². The van der Waals surface area contributed by atoms with Crippen LogP contribution >= 0.6 is 0 Å². The first-order valence-corrected chi connectivity index (χ1v) is 14.0. The zero-order chi connectivity index (χ0) is 23.4. The number of esters is 1. The van der Waals surface area contributed by atoms with Crippen LogP contribution < -0.4 is 0 Å². The number of carbonyl (C=O) groups is 2. The van der Waals surface area contributed by atoms with E-state index in [1.807, 2.05) is 0 Å². The predicted octanol–water partition coefficient (Wildman–Crippen LogP) is 8.46. The van der Waals surface area contributed by atoms with E-state index >= 15 is 0 Å². The van der Waals surface area contributed by atoms with Crippen LogP contribution in [-0.2, 0) is 14.3 Å². The van der Waals surface area contributed by atoms with Crippen molar-refractivity contribution in [3.63, 3.8) is 0 Å². The summed E-state index contributed by atoms with van der Waals surface area (Å²) < 4.78 is 5.88. The molecule has 0 heterocycles. The van der Waals surface area contributed by atoms with Gasteiger partial charge in [-0.15, -0.1) is 0 Å². The van der Waals surface area contributed by atoms with E-state index in [1.165, 1.54) is 77.0 Å². The van der Waals surface area contributed by atoms with Gasteiger partial charge in [0.15, 0.2) is 0 Å². The van der Waals surface area contributed by atoms with Crippen LogP contribution in [0.1, 0.15) is 149 Å². The highest BCUT2D eigenvalue weighted by molar-refractivity contribution is 5.81. The second-order valence-corrected chi connectivity index (χ2v) is 10.1. The molecule has 0 aromatic heterocycles. The fourth-order valence-electron chi connectivity index (χ4n) is 5.04. The van der Waals surface area contributed by atoms with Gasteiger partial charge in [-0.1, -0.05) is 117 Å². The van der Waals surface area contributed by atoms with Gasteiger partial charge in [-0.2, -0.15) is 0 Å². The average molecular weight is 453 g/mol. The number of rotatable bonds is 20. The van der Waals surface area contributed by atoms with Gasteiger partial charge in [0, 0.05) is 0 Å². The summed E-state index contributed by atoms with van der Waals surface area (Å²) in [6, 6.07) is 0. The number of hydrogen-bond acceptors (Lipinski definition) is 3. The highest BCUT2D eigenvalue weighted by Gasteiger charge is 2.37. The smallest absolute Gasteiger partial charge is 0.310 e. The van der Waals surface area contributed by atoms with Gasteiger partial charge >= 0.3 is 11.9 Å². The molecule has 0 aromatic rings. The Hall–Kier alpha value is -1.06. The van der Waals surface area contributed by atoms with Crippen molar-refractivity contribution >= 4 is 11.9 Å². The van der Waals surface area contributed by atoms with Crippen LogP contribution in [0.3, 0.4) is 0 Å². The van der Waals surface area contributed by atoms with Crippen LogP contribution in [0.2, 0.25) is 0 Å². The van der Waals surface area contributed by atoms with Crippen LogP contribution in [0.25, 0.3) is 0 Å². The third-order valence-corrected chi connectivity index (χ3v) is 7.18. The maximum Gasteiger partial charge on any atom is 0.310 e. The summed E-state index contributed by atoms with van der Waals surface area (Å²) in [4.78, 5) is 24.3. The van der Waals surface area contributed by atoms with Gasteiger partial charge in [0.1, 0.15) is 6.10 Å². The van der Waals surface area contributed by atoms with Crippen LogP contribution in [0, 0.1) is 11.8 Å². The van der Waals surface area contributed by atoms with Crippen molar-refractivity contribution in [2.24, 2.45) is 11.8 Å². The third kappa shape index (κ3) is 13.5. The number of hydrogen-bond donors (Lipinski definition) is 1.